The largest absolute Gasteiger partial charge is 0.497 e. The molecule has 1 aromatic carbocycles. The first-order valence-corrected chi connectivity index (χ1v) is 4.82. The summed E-state index contributed by atoms with van der Waals surface area (Å²) in [5, 5.41) is 9.21. The summed E-state index contributed by atoms with van der Waals surface area (Å²) < 4.78 is 5.05. The fraction of sp³-hybridized carbons (Fsp3) is 0.231. The van der Waals surface area contributed by atoms with Crippen molar-refractivity contribution in [1.29, 1.82) is 0 Å². The highest BCUT2D eigenvalue weighted by Gasteiger charge is 1.96. The van der Waals surface area contributed by atoms with Crippen LogP contribution in [0.5, 0.6) is 5.75 Å². The molecule has 80 valence electrons. The van der Waals surface area contributed by atoms with Crippen LogP contribution in [0.3, 0.4) is 0 Å². The second-order valence-corrected chi connectivity index (χ2v) is 3.36. The van der Waals surface area contributed by atoms with Gasteiger partial charge in [0.1, 0.15) is 5.75 Å². The molecule has 1 N–H and O–H groups in total. The van der Waals surface area contributed by atoms with Crippen LogP contribution < -0.4 is 4.74 Å². The van der Waals surface area contributed by atoms with E-state index in [1.54, 1.807) is 14.0 Å². The van der Waals surface area contributed by atoms with Crippen molar-refractivity contribution in [2.24, 2.45) is 0 Å². The Labute approximate surface area is 90.5 Å². The zero-order valence-corrected chi connectivity index (χ0v) is 9.10. The minimum absolute atomic E-state index is 0.500. The van der Waals surface area contributed by atoms with Crippen LogP contribution in [0.1, 0.15) is 12.5 Å². The average molecular weight is 204 g/mol. The maximum absolute atomic E-state index is 9.21. The van der Waals surface area contributed by atoms with E-state index in [-0.39, 0.29) is 0 Å². The lowest BCUT2D eigenvalue weighted by Crippen LogP contribution is -1.99. The molecular weight excluding hydrogens is 188 g/mol. The van der Waals surface area contributed by atoms with Gasteiger partial charge >= 0.3 is 0 Å². The zero-order valence-electron chi connectivity index (χ0n) is 9.10. The highest BCUT2D eigenvalue weighted by atomic mass is 16.5. The lowest BCUT2D eigenvalue weighted by Gasteiger charge is -2.02. The summed E-state index contributed by atoms with van der Waals surface area (Å²) in [6, 6.07) is 7.69. The van der Waals surface area contributed by atoms with Crippen molar-refractivity contribution in [2.75, 3.05) is 7.11 Å². The van der Waals surface area contributed by atoms with E-state index in [1.807, 2.05) is 36.4 Å². The van der Waals surface area contributed by atoms with Crippen LogP contribution in [0.2, 0.25) is 0 Å². The van der Waals surface area contributed by atoms with Gasteiger partial charge in [-0.25, -0.2) is 0 Å². The fourth-order valence-electron chi connectivity index (χ4n) is 1.06. The van der Waals surface area contributed by atoms with Gasteiger partial charge in [0.15, 0.2) is 0 Å². The molecule has 2 heteroatoms. The van der Waals surface area contributed by atoms with Gasteiger partial charge < -0.3 is 9.84 Å². The number of aliphatic hydroxyl groups excluding tert-OH is 1. The third kappa shape index (κ3) is 3.60. The highest BCUT2D eigenvalue weighted by Crippen LogP contribution is 2.13. The summed E-state index contributed by atoms with van der Waals surface area (Å²) in [4.78, 5) is 0. The summed E-state index contributed by atoms with van der Waals surface area (Å²) in [5.74, 6) is 0.835. The maximum Gasteiger partial charge on any atom is 0.118 e. The minimum Gasteiger partial charge on any atom is -0.497 e. The van der Waals surface area contributed by atoms with Gasteiger partial charge in [-0.15, -0.1) is 0 Å². The lowest BCUT2D eigenvalue weighted by atomic mass is 10.1. The molecule has 0 amide bonds. The van der Waals surface area contributed by atoms with E-state index < -0.39 is 6.10 Å². The molecule has 0 aliphatic heterocycles. The molecule has 0 saturated carbocycles. The first-order valence-electron chi connectivity index (χ1n) is 4.82. The highest BCUT2D eigenvalue weighted by molar-refractivity contribution is 5.53. The van der Waals surface area contributed by atoms with E-state index in [2.05, 4.69) is 6.58 Å². The number of hydrogen-bond acceptors (Lipinski definition) is 2. The van der Waals surface area contributed by atoms with Crippen LogP contribution in [-0.4, -0.2) is 18.3 Å². The van der Waals surface area contributed by atoms with E-state index in [4.69, 9.17) is 4.74 Å². The zero-order chi connectivity index (χ0) is 11.3. The second-order valence-electron chi connectivity index (χ2n) is 3.36. The molecule has 15 heavy (non-hydrogen) atoms. The van der Waals surface area contributed by atoms with E-state index in [0.717, 1.165) is 11.3 Å². The predicted octanol–water partition coefficient (Wildman–Crippen LogP) is 2.65. The molecule has 0 aliphatic carbocycles. The van der Waals surface area contributed by atoms with Gasteiger partial charge in [0.05, 0.1) is 13.2 Å². The lowest BCUT2D eigenvalue weighted by molar-refractivity contribution is 0.236. The monoisotopic (exact) mass is 204 g/mol. The van der Waals surface area contributed by atoms with E-state index >= 15 is 0 Å². The Morgan fingerprint density at radius 3 is 2.47 bits per heavy atom. The Bertz CT molecular complexity index is 347. The number of aliphatic hydroxyl groups is 1. The number of hydrogen-bond donors (Lipinski definition) is 1. The SMILES string of the molecule is C=C(C=Cc1ccc(OC)cc1)C(C)O. The number of benzene rings is 1. The number of methoxy groups -OCH3 is 1. The van der Waals surface area contributed by atoms with Crippen LogP contribution in [0.25, 0.3) is 6.08 Å². The molecule has 0 bridgehead atoms. The maximum atomic E-state index is 9.21. The summed E-state index contributed by atoms with van der Waals surface area (Å²) in [6.45, 7) is 5.44. The first-order chi connectivity index (χ1) is 7.13. The van der Waals surface area contributed by atoms with Crippen molar-refractivity contribution >= 4 is 6.08 Å². The third-order valence-electron chi connectivity index (χ3n) is 2.14. The van der Waals surface area contributed by atoms with Gasteiger partial charge in [-0.05, 0) is 30.2 Å². The van der Waals surface area contributed by atoms with Crippen molar-refractivity contribution in [3.63, 3.8) is 0 Å². The summed E-state index contributed by atoms with van der Waals surface area (Å²) in [5.41, 5.74) is 1.75. The van der Waals surface area contributed by atoms with Crippen molar-refractivity contribution in [3.8, 4) is 5.75 Å². The Kier molecular flexibility index (Phi) is 4.13. The van der Waals surface area contributed by atoms with E-state index in [1.165, 1.54) is 0 Å². The summed E-state index contributed by atoms with van der Waals surface area (Å²) >= 11 is 0. The first kappa shape index (κ1) is 11.5. The van der Waals surface area contributed by atoms with Crippen molar-refractivity contribution in [1.82, 2.24) is 0 Å². The molecular formula is C13H16O2. The number of ether oxygens (including phenoxy) is 1. The average Bonchev–Trinajstić information content (AvgIpc) is 2.26. The van der Waals surface area contributed by atoms with Crippen LogP contribution in [0, 0.1) is 0 Å². The normalized spacial score (nSPS) is 12.7. The molecule has 0 fully saturated rings. The number of rotatable bonds is 4. The minimum atomic E-state index is -0.500. The van der Waals surface area contributed by atoms with Crippen molar-refractivity contribution < 1.29 is 9.84 Å². The molecule has 1 unspecified atom stereocenters. The van der Waals surface area contributed by atoms with Gasteiger partial charge in [-0.1, -0.05) is 30.9 Å². The molecule has 2 nitrogen and oxygen atoms in total. The molecule has 0 heterocycles. The fourth-order valence-corrected chi connectivity index (χ4v) is 1.06. The Hall–Kier alpha value is -1.54. The molecule has 0 aromatic heterocycles. The Morgan fingerprint density at radius 2 is 2.00 bits per heavy atom. The predicted molar refractivity (Wildman–Crippen MR) is 62.8 cm³/mol. The van der Waals surface area contributed by atoms with Crippen LogP contribution in [-0.2, 0) is 0 Å². The van der Waals surface area contributed by atoms with E-state index in [9.17, 15) is 5.11 Å². The Balaban J connectivity index is 2.69. The molecule has 0 aliphatic rings. The van der Waals surface area contributed by atoms with Crippen LogP contribution >= 0.6 is 0 Å². The van der Waals surface area contributed by atoms with E-state index in [0.29, 0.717) is 5.57 Å². The molecule has 0 spiro atoms. The summed E-state index contributed by atoms with van der Waals surface area (Å²) in [6.07, 6.45) is 3.22. The van der Waals surface area contributed by atoms with Crippen molar-refractivity contribution in [2.45, 2.75) is 13.0 Å². The molecule has 1 aromatic rings. The summed E-state index contributed by atoms with van der Waals surface area (Å²) in [7, 11) is 1.64. The quantitative estimate of drug-likeness (QED) is 0.764. The van der Waals surface area contributed by atoms with Gasteiger partial charge in [0.25, 0.3) is 0 Å². The van der Waals surface area contributed by atoms with Crippen LogP contribution in [0.15, 0.2) is 42.5 Å². The van der Waals surface area contributed by atoms with Gasteiger partial charge in [0.2, 0.25) is 0 Å². The second kappa shape index (κ2) is 5.37. The third-order valence-corrected chi connectivity index (χ3v) is 2.14. The topological polar surface area (TPSA) is 29.5 Å². The molecule has 0 radical (unpaired) electrons. The molecule has 1 atom stereocenters. The van der Waals surface area contributed by atoms with Gasteiger partial charge in [0, 0.05) is 0 Å². The van der Waals surface area contributed by atoms with Crippen LogP contribution in [0.4, 0.5) is 0 Å². The molecule has 0 saturated heterocycles. The molecule has 1 rings (SSSR count). The van der Waals surface area contributed by atoms with Crippen molar-refractivity contribution in [3.05, 3.63) is 48.1 Å². The Morgan fingerprint density at radius 1 is 1.40 bits per heavy atom. The van der Waals surface area contributed by atoms with Gasteiger partial charge in [-0.2, -0.15) is 0 Å². The van der Waals surface area contributed by atoms with Gasteiger partial charge in [-0.3, -0.25) is 0 Å². The standard InChI is InChI=1S/C13H16O2/c1-10(11(2)14)4-5-12-6-8-13(15-3)9-7-12/h4-9,11,14H,1H2,2-3H3. The smallest absolute Gasteiger partial charge is 0.118 e.